The number of aliphatic hydroxyl groups is 1. The summed E-state index contributed by atoms with van der Waals surface area (Å²) in [5, 5.41) is 14.3. The van der Waals surface area contributed by atoms with Gasteiger partial charge >= 0.3 is 0 Å². The molecule has 0 aliphatic rings. The number of hydrogen-bond donors (Lipinski definition) is 3. The number of aromatic amines is 1. The van der Waals surface area contributed by atoms with Gasteiger partial charge in [-0.2, -0.15) is 0 Å². The van der Waals surface area contributed by atoms with Crippen molar-refractivity contribution in [1.29, 1.82) is 0 Å². The highest BCUT2D eigenvalue weighted by atomic mass is 16.3. The molecule has 0 fully saturated rings. The normalized spacial score (nSPS) is 15.3. The van der Waals surface area contributed by atoms with Gasteiger partial charge in [-0.1, -0.05) is 45.4 Å². The third-order valence-corrected chi connectivity index (χ3v) is 4.94. The lowest BCUT2D eigenvalue weighted by atomic mass is 9.88. The van der Waals surface area contributed by atoms with Crippen LogP contribution in [-0.4, -0.2) is 28.1 Å². The molecule has 23 heavy (non-hydrogen) atoms. The average Bonchev–Trinajstić information content (AvgIpc) is 2.95. The van der Waals surface area contributed by atoms with Gasteiger partial charge in [-0.3, -0.25) is 4.79 Å². The average molecular weight is 316 g/mol. The number of para-hydroxylation sites is 1. The van der Waals surface area contributed by atoms with Crippen molar-refractivity contribution in [2.24, 2.45) is 5.92 Å². The zero-order valence-corrected chi connectivity index (χ0v) is 14.6. The van der Waals surface area contributed by atoms with Gasteiger partial charge in [0.05, 0.1) is 12.0 Å². The minimum Gasteiger partial charge on any atom is -0.388 e. The van der Waals surface area contributed by atoms with E-state index in [0.717, 1.165) is 29.3 Å². The molecule has 1 amide bonds. The molecule has 126 valence electrons. The zero-order chi connectivity index (χ0) is 17.0. The SMILES string of the molecule is CCc1cccc2c(CC(=O)NCC(C)(O)C(C)CC)c[nH]c12. The largest absolute Gasteiger partial charge is 0.388 e. The van der Waals surface area contributed by atoms with E-state index in [9.17, 15) is 9.90 Å². The van der Waals surface area contributed by atoms with Gasteiger partial charge in [0.15, 0.2) is 0 Å². The second-order valence-electron chi connectivity index (χ2n) is 6.63. The Balaban J connectivity index is 2.04. The molecule has 4 nitrogen and oxygen atoms in total. The molecule has 1 aromatic heterocycles. The van der Waals surface area contributed by atoms with Crippen molar-refractivity contribution in [2.45, 2.75) is 52.6 Å². The molecule has 0 spiro atoms. The van der Waals surface area contributed by atoms with Gasteiger partial charge in [0, 0.05) is 23.6 Å². The van der Waals surface area contributed by atoms with Crippen LogP contribution in [0.2, 0.25) is 0 Å². The molecule has 0 aliphatic carbocycles. The molecule has 2 unspecified atom stereocenters. The summed E-state index contributed by atoms with van der Waals surface area (Å²) in [5.41, 5.74) is 2.49. The lowest BCUT2D eigenvalue weighted by molar-refractivity contribution is -0.122. The van der Waals surface area contributed by atoms with E-state index in [-0.39, 0.29) is 18.4 Å². The highest BCUT2D eigenvalue weighted by Crippen LogP contribution is 2.23. The van der Waals surface area contributed by atoms with Gasteiger partial charge in [0.1, 0.15) is 0 Å². The fourth-order valence-corrected chi connectivity index (χ4v) is 2.84. The number of rotatable bonds is 7. The van der Waals surface area contributed by atoms with Crippen molar-refractivity contribution >= 4 is 16.8 Å². The van der Waals surface area contributed by atoms with Gasteiger partial charge in [0.2, 0.25) is 5.91 Å². The zero-order valence-electron chi connectivity index (χ0n) is 14.6. The number of benzene rings is 1. The number of aromatic nitrogens is 1. The minimum absolute atomic E-state index is 0.0589. The van der Waals surface area contributed by atoms with E-state index in [1.54, 1.807) is 6.92 Å². The topological polar surface area (TPSA) is 65.1 Å². The third-order valence-electron chi connectivity index (χ3n) is 4.94. The second kappa shape index (κ2) is 7.18. The number of amides is 1. The van der Waals surface area contributed by atoms with E-state index in [4.69, 9.17) is 0 Å². The predicted molar refractivity (Wildman–Crippen MR) is 94.5 cm³/mol. The summed E-state index contributed by atoms with van der Waals surface area (Å²) >= 11 is 0. The van der Waals surface area contributed by atoms with E-state index >= 15 is 0 Å². The second-order valence-corrected chi connectivity index (χ2v) is 6.63. The number of nitrogens with one attached hydrogen (secondary N) is 2. The Morgan fingerprint density at radius 1 is 1.35 bits per heavy atom. The number of hydrogen-bond acceptors (Lipinski definition) is 2. The molecule has 0 saturated heterocycles. The first kappa shape index (κ1) is 17.5. The standard InChI is InChI=1S/C19H28N2O2/c1-5-13(3)19(4,23)12-21-17(22)10-15-11-20-18-14(6-2)8-7-9-16(15)18/h7-9,11,13,20,23H,5-6,10,12H2,1-4H3,(H,21,22). The Morgan fingerprint density at radius 2 is 2.09 bits per heavy atom. The molecule has 2 atom stereocenters. The van der Waals surface area contributed by atoms with E-state index in [2.05, 4.69) is 23.3 Å². The van der Waals surface area contributed by atoms with E-state index in [1.807, 2.05) is 32.2 Å². The van der Waals surface area contributed by atoms with Gasteiger partial charge in [-0.15, -0.1) is 0 Å². The van der Waals surface area contributed by atoms with Crippen LogP contribution in [0.1, 0.15) is 45.2 Å². The van der Waals surface area contributed by atoms with Crippen molar-refractivity contribution in [3.8, 4) is 0 Å². The summed E-state index contributed by atoms with van der Waals surface area (Å²) in [4.78, 5) is 15.5. The Hall–Kier alpha value is -1.81. The summed E-state index contributed by atoms with van der Waals surface area (Å²) in [6.45, 7) is 8.22. The fraction of sp³-hybridized carbons (Fsp3) is 0.526. The monoisotopic (exact) mass is 316 g/mol. The van der Waals surface area contributed by atoms with Crippen LogP contribution < -0.4 is 5.32 Å². The molecule has 1 aromatic carbocycles. The van der Waals surface area contributed by atoms with Crippen molar-refractivity contribution in [2.75, 3.05) is 6.54 Å². The Kier molecular flexibility index (Phi) is 5.47. The summed E-state index contributed by atoms with van der Waals surface area (Å²) in [5.74, 6) is 0.0828. The van der Waals surface area contributed by atoms with Crippen LogP contribution >= 0.6 is 0 Å². The van der Waals surface area contributed by atoms with E-state index in [0.29, 0.717) is 6.42 Å². The fourth-order valence-electron chi connectivity index (χ4n) is 2.84. The Labute approximate surface area is 138 Å². The molecule has 2 rings (SSSR count). The van der Waals surface area contributed by atoms with Gasteiger partial charge in [-0.25, -0.2) is 0 Å². The first-order valence-electron chi connectivity index (χ1n) is 8.46. The smallest absolute Gasteiger partial charge is 0.224 e. The number of H-pyrrole nitrogens is 1. The molecule has 4 heteroatoms. The molecule has 0 saturated carbocycles. The van der Waals surface area contributed by atoms with E-state index in [1.165, 1.54) is 5.56 Å². The van der Waals surface area contributed by atoms with Crippen molar-refractivity contribution in [1.82, 2.24) is 10.3 Å². The lowest BCUT2D eigenvalue weighted by Gasteiger charge is -2.29. The molecule has 3 N–H and O–H groups in total. The maximum Gasteiger partial charge on any atom is 0.224 e. The van der Waals surface area contributed by atoms with Crippen LogP contribution in [0.5, 0.6) is 0 Å². The van der Waals surface area contributed by atoms with Crippen LogP contribution in [0.25, 0.3) is 10.9 Å². The lowest BCUT2D eigenvalue weighted by Crippen LogP contribution is -2.45. The minimum atomic E-state index is -0.875. The maximum absolute atomic E-state index is 12.2. The molecule has 0 radical (unpaired) electrons. The molecular formula is C19H28N2O2. The summed E-state index contributed by atoms with van der Waals surface area (Å²) in [7, 11) is 0. The molecular weight excluding hydrogens is 288 g/mol. The van der Waals surface area contributed by atoms with E-state index < -0.39 is 5.60 Å². The maximum atomic E-state index is 12.2. The summed E-state index contributed by atoms with van der Waals surface area (Å²) in [6, 6.07) is 6.18. The summed E-state index contributed by atoms with van der Waals surface area (Å²) < 4.78 is 0. The van der Waals surface area contributed by atoms with Crippen molar-refractivity contribution < 1.29 is 9.90 Å². The highest BCUT2D eigenvalue weighted by molar-refractivity contribution is 5.90. The third kappa shape index (κ3) is 3.94. The highest BCUT2D eigenvalue weighted by Gasteiger charge is 2.27. The van der Waals surface area contributed by atoms with Crippen molar-refractivity contribution in [3.05, 3.63) is 35.5 Å². The van der Waals surface area contributed by atoms with Crippen LogP contribution in [0.4, 0.5) is 0 Å². The van der Waals surface area contributed by atoms with Crippen LogP contribution in [-0.2, 0) is 17.6 Å². The van der Waals surface area contributed by atoms with Gasteiger partial charge < -0.3 is 15.4 Å². The van der Waals surface area contributed by atoms with Gasteiger partial charge in [0.25, 0.3) is 0 Å². The number of fused-ring (bicyclic) bond motifs is 1. The van der Waals surface area contributed by atoms with Crippen LogP contribution in [0, 0.1) is 5.92 Å². The Bertz CT molecular complexity index is 673. The molecule has 0 aliphatic heterocycles. The quantitative estimate of drug-likeness (QED) is 0.734. The van der Waals surface area contributed by atoms with Crippen molar-refractivity contribution in [3.63, 3.8) is 0 Å². The first-order valence-corrected chi connectivity index (χ1v) is 8.46. The predicted octanol–water partition coefficient (Wildman–Crippen LogP) is 3.19. The molecule has 2 aromatic rings. The number of carbonyl (C=O) groups excluding carboxylic acids is 1. The number of carbonyl (C=O) groups is 1. The Morgan fingerprint density at radius 3 is 2.74 bits per heavy atom. The van der Waals surface area contributed by atoms with Gasteiger partial charge in [-0.05, 0) is 30.4 Å². The van der Waals surface area contributed by atoms with Crippen LogP contribution in [0.15, 0.2) is 24.4 Å². The van der Waals surface area contributed by atoms with Crippen LogP contribution in [0.3, 0.4) is 0 Å². The summed E-state index contributed by atoms with van der Waals surface area (Å²) in [6.07, 6.45) is 4.08. The molecule has 0 bridgehead atoms. The number of aryl methyl sites for hydroxylation is 1. The molecule has 1 heterocycles. The first-order chi connectivity index (χ1) is 10.9.